The predicted octanol–water partition coefficient (Wildman–Crippen LogP) is 1.79. The molecule has 0 aliphatic rings. The van der Waals surface area contributed by atoms with Gasteiger partial charge in [-0.15, -0.1) is 0 Å². The van der Waals surface area contributed by atoms with Gasteiger partial charge in [0.1, 0.15) is 0 Å². The summed E-state index contributed by atoms with van der Waals surface area (Å²) in [6, 6.07) is 5.23. The van der Waals surface area contributed by atoms with E-state index in [1.807, 2.05) is 6.07 Å². The van der Waals surface area contributed by atoms with Crippen LogP contribution < -0.4 is 0 Å². The highest BCUT2D eigenvalue weighted by molar-refractivity contribution is 5.97. The maximum absolute atomic E-state index is 10.6. The number of hydrogen-bond donors (Lipinski definition) is 1. The Labute approximate surface area is 74.4 Å². The normalized spacial score (nSPS) is 10.2. The first-order valence-electron chi connectivity index (χ1n) is 3.86. The predicted molar refractivity (Wildman–Crippen MR) is 49.1 cm³/mol. The van der Waals surface area contributed by atoms with Crippen LogP contribution in [0, 0.1) is 0 Å². The van der Waals surface area contributed by atoms with Crippen molar-refractivity contribution in [1.29, 1.82) is 0 Å². The minimum atomic E-state index is 0.421. The molecule has 1 aromatic heterocycles. The molecule has 1 aromatic carbocycles. The van der Waals surface area contributed by atoms with Crippen molar-refractivity contribution in [3.63, 3.8) is 0 Å². The van der Waals surface area contributed by atoms with Gasteiger partial charge in [-0.3, -0.25) is 9.59 Å². The Kier molecular flexibility index (Phi) is 1.70. The first kappa shape index (κ1) is 7.73. The number of benzene rings is 1. The Bertz CT molecular complexity index is 429. The smallest absolute Gasteiger partial charge is 0.150 e. The van der Waals surface area contributed by atoms with Crippen molar-refractivity contribution in [2.45, 2.75) is 0 Å². The van der Waals surface area contributed by atoms with Crippen LogP contribution in [0.15, 0.2) is 24.4 Å². The van der Waals surface area contributed by atoms with Gasteiger partial charge in [-0.2, -0.15) is 0 Å². The standard InChI is InChI=1S/C10H7NO2/c12-5-8-3-7-1-2-11-10(7)4-9(8)6-13/h1-6,11H. The molecule has 3 heteroatoms. The summed E-state index contributed by atoms with van der Waals surface area (Å²) in [5.41, 5.74) is 1.72. The number of hydrogen-bond acceptors (Lipinski definition) is 2. The molecular weight excluding hydrogens is 166 g/mol. The quantitative estimate of drug-likeness (QED) is 0.704. The fraction of sp³-hybridized carbons (Fsp3) is 0. The van der Waals surface area contributed by atoms with Gasteiger partial charge in [-0.25, -0.2) is 0 Å². The molecule has 0 aliphatic carbocycles. The van der Waals surface area contributed by atoms with E-state index in [1.54, 1.807) is 18.3 Å². The lowest BCUT2D eigenvalue weighted by Gasteiger charge is -1.96. The second-order valence-corrected chi connectivity index (χ2v) is 2.78. The molecule has 0 aliphatic heterocycles. The maximum Gasteiger partial charge on any atom is 0.150 e. The van der Waals surface area contributed by atoms with Crippen LogP contribution >= 0.6 is 0 Å². The lowest BCUT2D eigenvalue weighted by atomic mass is 10.1. The van der Waals surface area contributed by atoms with E-state index < -0.39 is 0 Å². The van der Waals surface area contributed by atoms with Crippen molar-refractivity contribution in [2.24, 2.45) is 0 Å². The van der Waals surface area contributed by atoms with Crippen LogP contribution in [-0.2, 0) is 0 Å². The van der Waals surface area contributed by atoms with Crippen LogP contribution in [0.5, 0.6) is 0 Å². The van der Waals surface area contributed by atoms with Gasteiger partial charge in [-0.05, 0) is 18.2 Å². The summed E-state index contributed by atoms with van der Waals surface area (Å²) >= 11 is 0. The van der Waals surface area contributed by atoms with Gasteiger partial charge < -0.3 is 4.98 Å². The van der Waals surface area contributed by atoms with Gasteiger partial charge in [0.15, 0.2) is 12.6 Å². The summed E-state index contributed by atoms with van der Waals surface area (Å²) in [5.74, 6) is 0. The van der Waals surface area contributed by atoms with E-state index in [-0.39, 0.29) is 0 Å². The molecule has 64 valence electrons. The zero-order valence-electron chi connectivity index (χ0n) is 6.78. The topological polar surface area (TPSA) is 49.9 Å². The molecule has 0 radical (unpaired) electrons. The van der Waals surface area contributed by atoms with E-state index in [9.17, 15) is 9.59 Å². The van der Waals surface area contributed by atoms with Crippen LogP contribution in [-0.4, -0.2) is 17.6 Å². The molecule has 0 unspecified atom stereocenters. The van der Waals surface area contributed by atoms with Crippen LogP contribution in [0.2, 0.25) is 0 Å². The largest absolute Gasteiger partial charge is 0.361 e. The van der Waals surface area contributed by atoms with E-state index in [4.69, 9.17) is 0 Å². The van der Waals surface area contributed by atoms with E-state index in [1.165, 1.54) is 0 Å². The molecule has 1 heterocycles. The second kappa shape index (κ2) is 2.86. The number of H-pyrrole nitrogens is 1. The van der Waals surface area contributed by atoms with Crippen molar-refractivity contribution >= 4 is 23.5 Å². The molecular formula is C10H7NO2. The van der Waals surface area contributed by atoms with Gasteiger partial charge in [0.25, 0.3) is 0 Å². The van der Waals surface area contributed by atoms with Crippen LogP contribution in [0.1, 0.15) is 20.7 Å². The molecule has 0 saturated heterocycles. The molecule has 0 amide bonds. The fourth-order valence-electron chi connectivity index (χ4n) is 1.34. The molecule has 13 heavy (non-hydrogen) atoms. The SMILES string of the molecule is O=Cc1cc2cc[nH]c2cc1C=O. The van der Waals surface area contributed by atoms with E-state index >= 15 is 0 Å². The van der Waals surface area contributed by atoms with Crippen LogP contribution in [0.4, 0.5) is 0 Å². The number of nitrogens with one attached hydrogen (secondary N) is 1. The minimum Gasteiger partial charge on any atom is -0.361 e. The van der Waals surface area contributed by atoms with E-state index in [0.717, 1.165) is 10.9 Å². The summed E-state index contributed by atoms with van der Waals surface area (Å²) in [4.78, 5) is 24.1. The average Bonchev–Trinajstić information content (AvgIpc) is 2.62. The van der Waals surface area contributed by atoms with Gasteiger partial charge in [0.05, 0.1) is 0 Å². The second-order valence-electron chi connectivity index (χ2n) is 2.78. The third-order valence-electron chi connectivity index (χ3n) is 2.01. The van der Waals surface area contributed by atoms with Gasteiger partial charge >= 0.3 is 0 Å². The summed E-state index contributed by atoms with van der Waals surface area (Å²) < 4.78 is 0. The first-order valence-corrected chi connectivity index (χ1v) is 3.86. The first-order chi connectivity index (χ1) is 6.35. The van der Waals surface area contributed by atoms with E-state index in [2.05, 4.69) is 4.98 Å². The van der Waals surface area contributed by atoms with Gasteiger partial charge in [0.2, 0.25) is 0 Å². The van der Waals surface area contributed by atoms with Crippen LogP contribution in [0.3, 0.4) is 0 Å². The zero-order valence-corrected chi connectivity index (χ0v) is 6.78. The van der Waals surface area contributed by atoms with Gasteiger partial charge in [-0.1, -0.05) is 0 Å². The number of aromatic nitrogens is 1. The Balaban J connectivity index is 2.80. The monoisotopic (exact) mass is 173 g/mol. The number of carbonyl (C=O) groups is 2. The lowest BCUT2D eigenvalue weighted by molar-refractivity contribution is 0.109. The average molecular weight is 173 g/mol. The van der Waals surface area contributed by atoms with Crippen molar-refractivity contribution in [3.8, 4) is 0 Å². The molecule has 3 nitrogen and oxygen atoms in total. The van der Waals surface area contributed by atoms with Gasteiger partial charge in [0, 0.05) is 28.2 Å². The molecule has 0 bridgehead atoms. The zero-order chi connectivity index (χ0) is 9.26. The highest BCUT2D eigenvalue weighted by Crippen LogP contribution is 2.16. The number of rotatable bonds is 2. The molecule has 0 saturated carbocycles. The molecule has 2 aromatic rings. The number of aldehydes is 2. The third kappa shape index (κ3) is 1.14. The molecule has 1 N–H and O–H groups in total. The van der Waals surface area contributed by atoms with E-state index in [0.29, 0.717) is 23.7 Å². The summed E-state index contributed by atoms with van der Waals surface area (Å²) in [5, 5.41) is 0.938. The minimum absolute atomic E-state index is 0.421. The molecule has 0 fully saturated rings. The van der Waals surface area contributed by atoms with Crippen molar-refractivity contribution in [1.82, 2.24) is 4.98 Å². The Morgan fingerprint density at radius 1 is 1.08 bits per heavy atom. The highest BCUT2D eigenvalue weighted by Gasteiger charge is 2.03. The number of fused-ring (bicyclic) bond motifs is 1. The molecule has 2 rings (SSSR count). The van der Waals surface area contributed by atoms with Crippen molar-refractivity contribution in [2.75, 3.05) is 0 Å². The summed E-state index contributed by atoms with van der Waals surface area (Å²) in [6.45, 7) is 0. The molecule has 0 spiro atoms. The Morgan fingerprint density at radius 3 is 2.46 bits per heavy atom. The fourth-order valence-corrected chi connectivity index (χ4v) is 1.34. The third-order valence-corrected chi connectivity index (χ3v) is 2.01. The highest BCUT2D eigenvalue weighted by atomic mass is 16.1. The van der Waals surface area contributed by atoms with Crippen molar-refractivity contribution in [3.05, 3.63) is 35.5 Å². The Hall–Kier alpha value is -1.90. The number of aromatic amines is 1. The lowest BCUT2D eigenvalue weighted by Crippen LogP contribution is -1.89. The van der Waals surface area contributed by atoms with Crippen molar-refractivity contribution < 1.29 is 9.59 Å². The summed E-state index contributed by atoms with van der Waals surface area (Å²) in [6.07, 6.45) is 3.15. The Morgan fingerprint density at radius 2 is 1.77 bits per heavy atom. The maximum atomic E-state index is 10.6. The molecule has 0 atom stereocenters. The van der Waals surface area contributed by atoms with Crippen LogP contribution in [0.25, 0.3) is 10.9 Å². The number of carbonyl (C=O) groups excluding carboxylic acids is 2. The summed E-state index contributed by atoms with van der Waals surface area (Å²) in [7, 11) is 0.